The van der Waals surface area contributed by atoms with Gasteiger partial charge < -0.3 is 10.3 Å². The van der Waals surface area contributed by atoms with Gasteiger partial charge in [0.2, 0.25) is 5.91 Å². The van der Waals surface area contributed by atoms with Gasteiger partial charge in [-0.3, -0.25) is 9.59 Å². The van der Waals surface area contributed by atoms with Crippen molar-refractivity contribution in [1.82, 2.24) is 15.3 Å². The van der Waals surface area contributed by atoms with Crippen molar-refractivity contribution in [3.8, 4) is 0 Å². The number of aromatic amines is 1. The molecule has 1 heterocycles. The van der Waals surface area contributed by atoms with Crippen LogP contribution >= 0.6 is 23.4 Å². The van der Waals surface area contributed by atoms with Crippen LogP contribution in [-0.4, -0.2) is 21.6 Å². The Hall–Kier alpha value is -1.79. The number of halogens is 1. The van der Waals surface area contributed by atoms with Gasteiger partial charge in [-0.15, -0.1) is 0 Å². The van der Waals surface area contributed by atoms with E-state index in [4.69, 9.17) is 11.6 Å². The molecular formula is C14H14ClN3O2S. The van der Waals surface area contributed by atoms with Crippen LogP contribution in [0.5, 0.6) is 0 Å². The van der Waals surface area contributed by atoms with Gasteiger partial charge >= 0.3 is 0 Å². The normalized spacial score (nSPS) is 11.9. The summed E-state index contributed by atoms with van der Waals surface area (Å²) in [7, 11) is 0. The van der Waals surface area contributed by atoms with Crippen molar-refractivity contribution in [2.75, 3.05) is 5.75 Å². The molecule has 0 radical (unpaired) electrons. The summed E-state index contributed by atoms with van der Waals surface area (Å²) in [6.07, 6.45) is 1.41. The Morgan fingerprint density at radius 1 is 1.43 bits per heavy atom. The van der Waals surface area contributed by atoms with E-state index in [2.05, 4.69) is 15.3 Å². The molecule has 0 saturated heterocycles. The third-order valence-corrected chi connectivity index (χ3v) is 3.97. The van der Waals surface area contributed by atoms with E-state index < -0.39 is 0 Å². The summed E-state index contributed by atoms with van der Waals surface area (Å²) < 4.78 is 0. The number of thioether (sulfide) groups is 1. The lowest BCUT2D eigenvalue weighted by Crippen LogP contribution is -2.28. The van der Waals surface area contributed by atoms with Crippen molar-refractivity contribution >= 4 is 29.3 Å². The van der Waals surface area contributed by atoms with E-state index in [-0.39, 0.29) is 23.3 Å². The van der Waals surface area contributed by atoms with Gasteiger partial charge in [0.1, 0.15) is 0 Å². The van der Waals surface area contributed by atoms with Crippen LogP contribution in [0, 0.1) is 0 Å². The lowest BCUT2D eigenvalue weighted by atomic mass is 10.1. The van der Waals surface area contributed by atoms with Crippen molar-refractivity contribution < 1.29 is 4.79 Å². The lowest BCUT2D eigenvalue weighted by Gasteiger charge is -2.15. The second-order valence-corrected chi connectivity index (χ2v) is 5.71. The number of rotatable bonds is 5. The third kappa shape index (κ3) is 4.61. The number of aromatic nitrogens is 2. The van der Waals surface area contributed by atoms with Crippen LogP contribution in [0.25, 0.3) is 0 Å². The van der Waals surface area contributed by atoms with Gasteiger partial charge in [0.15, 0.2) is 5.16 Å². The SMILES string of the molecule is C[C@H](NC(=O)CSc1nccc(=O)[nH]1)c1ccccc1Cl. The summed E-state index contributed by atoms with van der Waals surface area (Å²) in [5.74, 6) is 0.0146. The first kappa shape index (κ1) is 15.6. The van der Waals surface area contributed by atoms with Crippen molar-refractivity contribution in [1.29, 1.82) is 0 Å². The van der Waals surface area contributed by atoms with Crippen LogP contribution < -0.4 is 10.9 Å². The highest BCUT2D eigenvalue weighted by molar-refractivity contribution is 7.99. The first-order chi connectivity index (χ1) is 10.1. The maximum Gasteiger partial charge on any atom is 0.251 e. The number of hydrogen-bond acceptors (Lipinski definition) is 4. The maximum absolute atomic E-state index is 11.9. The number of hydrogen-bond donors (Lipinski definition) is 2. The molecule has 0 fully saturated rings. The summed E-state index contributed by atoms with van der Waals surface area (Å²) in [6.45, 7) is 1.87. The molecule has 0 aliphatic carbocycles. The summed E-state index contributed by atoms with van der Waals surface area (Å²) in [6, 6.07) is 8.51. The Labute approximate surface area is 131 Å². The Morgan fingerprint density at radius 2 is 2.19 bits per heavy atom. The zero-order valence-electron chi connectivity index (χ0n) is 11.3. The minimum absolute atomic E-state index is 0.154. The predicted octanol–water partition coefficient (Wildman–Crippen LogP) is 2.39. The van der Waals surface area contributed by atoms with E-state index in [1.807, 2.05) is 25.1 Å². The van der Waals surface area contributed by atoms with Crippen LogP contribution in [0.1, 0.15) is 18.5 Å². The van der Waals surface area contributed by atoms with Crippen molar-refractivity contribution in [3.63, 3.8) is 0 Å². The summed E-state index contributed by atoms with van der Waals surface area (Å²) in [5, 5.41) is 3.89. The average molecular weight is 324 g/mol. The summed E-state index contributed by atoms with van der Waals surface area (Å²) in [5.41, 5.74) is 0.626. The van der Waals surface area contributed by atoms with Gasteiger partial charge in [-0.25, -0.2) is 4.98 Å². The highest BCUT2D eigenvalue weighted by atomic mass is 35.5. The molecule has 7 heteroatoms. The smallest absolute Gasteiger partial charge is 0.251 e. The fraction of sp³-hybridized carbons (Fsp3) is 0.214. The molecule has 0 unspecified atom stereocenters. The molecule has 1 aromatic heterocycles. The molecule has 2 N–H and O–H groups in total. The van der Waals surface area contributed by atoms with Gasteiger partial charge in [0.25, 0.3) is 5.56 Å². The first-order valence-electron chi connectivity index (χ1n) is 6.28. The number of nitrogens with one attached hydrogen (secondary N) is 2. The minimum atomic E-state index is -0.239. The summed E-state index contributed by atoms with van der Waals surface area (Å²) >= 11 is 7.26. The third-order valence-electron chi connectivity index (χ3n) is 2.74. The van der Waals surface area contributed by atoms with E-state index in [9.17, 15) is 9.59 Å². The molecule has 2 rings (SSSR count). The fourth-order valence-electron chi connectivity index (χ4n) is 1.75. The molecule has 0 aliphatic heterocycles. The molecule has 1 amide bonds. The average Bonchev–Trinajstić information content (AvgIpc) is 2.45. The molecular weight excluding hydrogens is 310 g/mol. The van der Waals surface area contributed by atoms with Gasteiger partial charge in [-0.2, -0.15) is 0 Å². The number of H-pyrrole nitrogens is 1. The highest BCUT2D eigenvalue weighted by Crippen LogP contribution is 2.22. The Bertz CT molecular complexity index is 690. The predicted molar refractivity (Wildman–Crippen MR) is 83.6 cm³/mol. The van der Waals surface area contributed by atoms with Gasteiger partial charge in [0, 0.05) is 17.3 Å². The molecule has 110 valence electrons. The van der Waals surface area contributed by atoms with Gasteiger partial charge in [0.05, 0.1) is 11.8 Å². The van der Waals surface area contributed by atoms with E-state index in [0.29, 0.717) is 10.2 Å². The number of carbonyl (C=O) groups is 1. The highest BCUT2D eigenvalue weighted by Gasteiger charge is 2.12. The molecule has 1 aromatic carbocycles. The largest absolute Gasteiger partial charge is 0.349 e. The zero-order chi connectivity index (χ0) is 15.2. The topological polar surface area (TPSA) is 74.8 Å². The quantitative estimate of drug-likeness (QED) is 0.654. The van der Waals surface area contributed by atoms with E-state index >= 15 is 0 Å². The van der Waals surface area contributed by atoms with Crippen LogP contribution in [-0.2, 0) is 4.79 Å². The monoisotopic (exact) mass is 323 g/mol. The number of benzene rings is 1. The number of carbonyl (C=O) groups excluding carboxylic acids is 1. The molecule has 2 aromatic rings. The number of nitrogens with zero attached hydrogens (tertiary/aromatic N) is 1. The second-order valence-electron chi connectivity index (χ2n) is 4.34. The van der Waals surface area contributed by atoms with Crippen molar-refractivity contribution in [3.05, 3.63) is 57.5 Å². The molecule has 0 spiro atoms. The molecule has 21 heavy (non-hydrogen) atoms. The zero-order valence-corrected chi connectivity index (χ0v) is 12.9. The van der Waals surface area contributed by atoms with Crippen molar-refractivity contribution in [2.24, 2.45) is 0 Å². The van der Waals surface area contributed by atoms with Crippen LogP contribution in [0.2, 0.25) is 5.02 Å². The summed E-state index contributed by atoms with van der Waals surface area (Å²) in [4.78, 5) is 29.5. The van der Waals surface area contributed by atoms with Crippen molar-refractivity contribution in [2.45, 2.75) is 18.1 Å². The Morgan fingerprint density at radius 3 is 2.90 bits per heavy atom. The Kier molecular flexibility index (Phi) is 5.41. The molecule has 0 aliphatic rings. The molecule has 0 bridgehead atoms. The molecule has 0 saturated carbocycles. The lowest BCUT2D eigenvalue weighted by molar-refractivity contribution is -0.119. The second kappa shape index (κ2) is 7.28. The number of amides is 1. The molecule has 5 nitrogen and oxygen atoms in total. The molecule has 1 atom stereocenters. The van der Waals surface area contributed by atoms with E-state index in [1.165, 1.54) is 24.0 Å². The standard InChI is InChI=1S/C14H14ClN3O2S/c1-9(10-4-2-3-5-11(10)15)17-13(20)8-21-14-16-7-6-12(19)18-14/h2-7,9H,8H2,1H3,(H,17,20)(H,16,18,19)/t9-/m0/s1. The van der Waals surface area contributed by atoms with Crippen LogP contribution in [0.3, 0.4) is 0 Å². The Balaban J connectivity index is 1.90. The van der Waals surface area contributed by atoms with Crippen LogP contribution in [0.15, 0.2) is 46.5 Å². The fourth-order valence-corrected chi connectivity index (χ4v) is 2.71. The van der Waals surface area contributed by atoms with E-state index in [0.717, 1.165) is 5.56 Å². The minimum Gasteiger partial charge on any atom is -0.349 e. The maximum atomic E-state index is 11.9. The van der Waals surface area contributed by atoms with E-state index in [1.54, 1.807) is 6.07 Å². The van der Waals surface area contributed by atoms with Crippen LogP contribution in [0.4, 0.5) is 0 Å². The first-order valence-corrected chi connectivity index (χ1v) is 7.64. The van der Waals surface area contributed by atoms with Gasteiger partial charge in [-0.1, -0.05) is 41.6 Å². The van der Waals surface area contributed by atoms with Gasteiger partial charge in [-0.05, 0) is 18.6 Å².